The molecule has 0 saturated carbocycles. The Bertz CT molecular complexity index is 1070. The van der Waals surface area contributed by atoms with Gasteiger partial charge in [-0.1, -0.05) is 47.2 Å². The Kier molecular flexibility index (Phi) is 5.85. The number of anilines is 1. The summed E-state index contributed by atoms with van der Waals surface area (Å²) in [6.45, 7) is 1.33. The van der Waals surface area contributed by atoms with Crippen LogP contribution in [-0.2, 0) is 20.9 Å². The van der Waals surface area contributed by atoms with Crippen LogP contribution in [0.5, 0.6) is 0 Å². The molecule has 0 aliphatic heterocycles. The third-order valence-electron chi connectivity index (χ3n) is 3.43. The van der Waals surface area contributed by atoms with Gasteiger partial charge in [-0.15, -0.1) is 0 Å². The third kappa shape index (κ3) is 4.69. The number of benzene rings is 1. The highest BCUT2D eigenvalue weighted by Gasteiger charge is 2.24. The highest BCUT2D eigenvalue weighted by molar-refractivity contribution is 7.89. The maximum Gasteiger partial charge on any atom is 0.308 e. The average molecular weight is 424 g/mol. The summed E-state index contributed by atoms with van der Waals surface area (Å²) >= 11 is 6.82. The number of halogens is 1. The summed E-state index contributed by atoms with van der Waals surface area (Å²) in [7, 11) is -4.06. The molecule has 0 saturated heterocycles. The van der Waals surface area contributed by atoms with E-state index in [-0.39, 0.29) is 27.3 Å². The van der Waals surface area contributed by atoms with Gasteiger partial charge in [0.25, 0.3) is 5.91 Å². The first kappa shape index (κ1) is 19.4. The van der Waals surface area contributed by atoms with Gasteiger partial charge in [0.1, 0.15) is 5.69 Å². The molecule has 0 radical (unpaired) electrons. The Hall–Kier alpha value is -2.33. The number of hydrogen-bond acceptors (Lipinski definition) is 7. The molecule has 2 aromatic heterocycles. The van der Waals surface area contributed by atoms with Crippen molar-refractivity contribution in [2.45, 2.75) is 17.7 Å². The summed E-state index contributed by atoms with van der Waals surface area (Å²) in [6.07, 6.45) is 1.49. The number of thiazole rings is 1. The van der Waals surface area contributed by atoms with Crippen LogP contribution < -0.4 is 5.32 Å². The van der Waals surface area contributed by atoms with E-state index >= 15 is 0 Å². The zero-order chi connectivity index (χ0) is 19.4. The van der Waals surface area contributed by atoms with Crippen molar-refractivity contribution in [3.63, 3.8) is 0 Å². The van der Waals surface area contributed by atoms with Crippen molar-refractivity contribution in [1.29, 1.82) is 0 Å². The lowest BCUT2D eigenvalue weighted by atomic mass is 10.2. The van der Waals surface area contributed by atoms with Crippen LogP contribution in [0.3, 0.4) is 0 Å². The van der Waals surface area contributed by atoms with E-state index < -0.39 is 16.0 Å². The SMILES string of the molecule is Cc1nc(NC(=O)c2ccccn2)sc1S(=O)(=O)OCc1ccccc1Cl. The van der Waals surface area contributed by atoms with Gasteiger partial charge in [-0.2, -0.15) is 8.42 Å². The molecule has 1 amide bonds. The minimum Gasteiger partial charge on any atom is -0.296 e. The Morgan fingerprint density at radius 1 is 1.22 bits per heavy atom. The lowest BCUT2D eigenvalue weighted by Gasteiger charge is -2.05. The van der Waals surface area contributed by atoms with Gasteiger partial charge >= 0.3 is 10.1 Å². The fourth-order valence-electron chi connectivity index (χ4n) is 2.14. The summed E-state index contributed by atoms with van der Waals surface area (Å²) in [5, 5.41) is 3.09. The van der Waals surface area contributed by atoms with Crippen molar-refractivity contribution in [3.8, 4) is 0 Å². The number of nitrogens with zero attached hydrogens (tertiary/aromatic N) is 2. The van der Waals surface area contributed by atoms with E-state index in [0.717, 1.165) is 11.3 Å². The molecular weight excluding hydrogens is 410 g/mol. The highest BCUT2D eigenvalue weighted by Crippen LogP contribution is 2.29. The van der Waals surface area contributed by atoms with Crippen molar-refractivity contribution in [1.82, 2.24) is 9.97 Å². The van der Waals surface area contributed by atoms with Crippen molar-refractivity contribution < 1.29 is 17.4 Å². The largest absolute Gasteiger partial charge is 0.308 e. The molecule has 7 nitrogen and oxygen atoms in total. The second kappa shape index (κ2) is 8.13. The van der Waals surface area contributed by atoms with Crippen LogP contribution in [0.1, 0.15) is 21.7 Å². The number of pyridine rings is 1. The van der Waals surface area contributed by atoms with Crippen molar-refractivity contribution in [3.05, 3.63) is 70.6 Å². The number of carbonyl (C=O) groups is 1. The van der Waals surface area contributed by atoms with Gasteiger partial charge in [0, 0.05) is 11.2 Å². The summed E-state index contributed by atoms with van der Waals surface area (Å²) in [4.78, 5) is 20.2. The van der Waals surface area contributed by atoms with Crippen LogP contribution in [0.15, 0.2) is 52.9 Å². The molecule has 0 unspecified atom stereocenters. The van der Waals surface area contributed by atoms with Gasteiger partial charge in [-0.3, -0.25) is 19.3 Å². The molecule has 2 heterocycles. The topological polar surface area (TPSA) is 98.3 Å². The Balaban J connectivity index is 1.75. The van der Waals surface area contributed by atoms with Gasteiger partial charge in [-0.25, -0.2) is 4.98 Å². The van der Waals surface area contributed by atoms with Gasteiger partial charge in [-0.05, 0) is 30.7 Å². The average Bonchev–Trinajstić information content (AvgIpc) is 3.03. The predicted octanol–water partition coefficient (Wildman–Crippen LogP) is 3.66. The summed E-state index contributed by atoms with van der Waals surface area (Å²) in [5.41, 5.74) is 0.980. The summed E-state index contributed by atoms with van der Waals surface area (Å²) in [5.74, 6) is -0.481. The lowest BCUT2D eigenvalue weighted by Crippen LogP contribution is -2.13. The van der Waals surface area contributed by atoms with E-state index in [0.29, 0.717) is 10.6 Å². The summed E-state index contributed by atoms with van der Waals surface area (Å²) in [6, 6.07) is 11.7. The number of aromatic nitrogens is 2. The van der Waals surface area contributed by atoms with E-state index in [1.165, 1.54) is 13.1 Å². The first-order valence-corrected chi connectivity index (χ1v) is 10.3. The van der Waals surface area contributed by atoms with E-state index in [1.54, 1.807) is 42.5 Å². The molecule has 10 heteroatoms. The number of rotatable bonds is 6. The third-order valence-corrected chi connectivity index (χ3v) is 6.70. The van der Waals surface area contributed by atoms with E-state index in [1.807, 2.05) is 0 Å². The van der Waals surface area contributed by atoms with E-state index in [2.05, 4.69) is 15.3 Å². The molecule has 1 aromatic carbocycles. The van der Waals surface area contributed by atoms with Crippen LogP contribution in [0.25, 0.3) is 0 Å². The predicted molar refractivity (Wildman–Crippen MR) is 102 cm³/mol. The number of aryl methyl sites for hydroxylation is 1. The second-order valence-electron chi connectivity index (χ2n) is 5.37. The lowest BCUT2D eigenvalue weighted by molar-refractivity contribution is 0.102. The molecule has 0 spiro atoms. The molecule has 0 atom stereocenters. The molecule has 0 aliphatic rings. The van der Waals surface area contributed by atoms with Crippen molar-refractivity contribution in [2.75, 3.05) is 5.32 Å². The zero-order valence-corrected chi connectivity index (χ0v) is 16.4. The first-order chi connectivity index (χ1) is 12.9. The fourth-order valence-corrected chi connectivity index (χ4v) is 4.61. The van der Waals surface area contributed by atoms with E-state index in [9.17, 15) is 13.2 Å². The number of hydrogen-bond donors (Lipinski definition) is 1. The van der Waals surface area contributed by atoms with Crippen LogP contribution >= 0.6 is 22.9 Å². The normalized spacial score (nSPS) is 11.3. The van der Waals surface area contributed by atoms with Crippen molar-refractivity contribution in [2.24, 2.45) is 0 Å². The number of carbonyl (C=O) groups excluding carboxylic acids is 1. The molecule has 0 fully saturated rings. The zero-order valence-electron chi connectivity index (χ0n) is 14.0. The monoisotopic (exact) mass is 423 g/mol. The molecule has 3 rings (SSSR count). The minimum atomic E-state index is -4.06. The van der Waals surface area contributed by atoms with E-state index in [4.69, 9.17) is 15.8 Å². The van der Waals surface area contributed by atoms with Crippen LogP contribution in [0.2, 0.25) is 5.02 Å². The van der Waals surface area contributed by atoms with Gasteiger partial charge < -0.3 is 0 Å². The van der Waals surface area contributed by atoms with Crippen molar-refractivity contribution >= 4 is 44.1 Å². The molecule has 1 N–H and O–H groups in total. The Morgan fingerprint density at radius 2 is 1.96 bits per heavy atom. The molecule has 3 aromatic rings. The summed E-state index contributed by atoms with van der Waals surface area (Å²) < 4.78 is 30.0. The maximum atomic E-state index is 12.5. The second-order valence-corrected chi connectivity index (χ2v) is 8.59. The van der Waals surface area contributed by atoms with Gasteiger partial charge in [0.15, 0.2) is 9.34 Å². The standard InChI is InChI=1S/C17H14ClN3O4S2/c1-11-16(27(23,24)25-10-12-6-2-3-7-13(12)18)26-17(20-11)21-15(22)14-8-4-5-9-19-14/h2-9H,10H2,1H3,(H,20,21,22). The molecule has 27 heavy (non-hydrogen) atoms. The van der Waals surface area contributed by atoms with Crippen LogP contribution in [-0.4, -0.2) is 24.3 Å². The molecule has 0 aliphatic carbocycles. The maximum absolute atomic E-state index is 12.5. The Labute approximate surface area is 165 Å². The Morgan fingerprint density at radius 3 is 2.67 bits per heavy atom. The van der Waals surface area contributed by atoms with Gasteiger partial charge in [0.05, 0.1) is 12.3 Å². The quantitative estimate of drug-likeness (QED) is 0.607. The first-order valence-electron chi connectivity index (χ1n) is 7.69. The minimum absolute atomic E-state index is 0.0779. The fraction of sp³-hybridized carbons (Fsp3) is 0.118. The number of amides is 1. The smallest absolute Gasteiger partial charge is 0.296 e. The molecule has 140 valence electrons. The molecule has 0 bridgehead atoms. The molecular formula is C17H14ClN3O4S2. The van der Waals surface area contributed by atoms with Gasteiger partial charge in [0.2, 0.25) is 0 Å². The van der Waals surface area contributed by atoms with Crippen LogP contribution in [0.4, 0.5) is 5.13 Å². The number of nitrogens with one attached hydrogen (secondary N) is 1. The van der Waals surface area contributed by atoms with Crippen LogP contribution in [0, 0.1) is 6.92 Å². The highest BCUT2D eigenvalue weighted by atomic mass is 35.5.